The molecule has 0 rings (SSSR count). The van der Waals surface area contributed by atoms with Crippen molar-refractivity contribution in [3.63, 3.8) is 0 Å². The lowest BCUT2D eigenvalue weighted by molar-refractivity contribution is 0.335. The predicted molar refractivity (Wildman–Crippen MR) is 51.6 cm³/mol. The fraction of sp³-hybridized carbons (Fsp3) is 0.600. The maximum absolute atomic E-state index is 8.54. The van der Waals surface area contributed by atoms with Gasteiger partial charge in [0.05, 0.1) is 6.61 Å². The molecule has 0 aromatic heterocycles. The molecule has 0 fully saturated rings. The number of rotatable bonds is 2. The van der Waals surface area contributed by atoms with Gasteiger partial charge in [0.15, 0.2) is 0 Å². The Bertz CT molecular complexity index is 109. The van der Waals surface area contributed by atoms with Crippen LogP contribution in [0.5, 0.6) is 0 Å². The van der Waals surface area contributed by atoms with E-state index in [4.69, 9.17) is 5.11 Å². The van der Waals surface area contributed by atoms with Gasteiger partial charge < -0.3 is 5.11 Å². The first-order chi connectivity index (χ1) is 5.26. The van der Waals surface area contributed by atoms with Crippen LogP contribution in [0.4, 0.5) is 0 Å². The number of aliphatic hydroxyl groups excluding tert-OH is 1. The van der Waals surface area contributed by atoms with Crippen LogP contribution in [0.25, 0.3) is 0 Å². The second-order valence-electron chi connectivity index (χ2n) is 2.23. The molecule has 1 heteroatoms. The third-order valence-electron chi connectivity index (χ3n) is 0.934. The Labute approximate surface area is 70.4 Å². The van der Waals surface area contributed by atoms with Gasteiger partial charge in [-0.25, -0.2) is 0 Å². The third-order valence-corrected chi connectivity index (χ3v) is 0.934. The van der Waals surface area contributed by atoms with Crippen LogP contribution in [0.3, 0.4) is 0 Å². The maximum Gasteiger partial charge on any atom is 0.0678 e. The summed E-state index contributed by atoms with van der Waals surface area (Å²) >= 11 is 0. The fourth-order valence-electron chi connectivity index (χ4n) is 0.454. The van der Waals surface area contributed by atoms with Crippen LogP contribution < -0.4 is 0 Å². The predicted octanol–water partition coefficient (Wildman–Crippen LogP) is 2.92. The molecule has 0 aromatic rings. The van der Waals surface area contributed by atoms with Crippen molar-refractivity contribution in [1.82, 2.24) is 0 Å². The van der Waals surface area contributed by atoms with Crippen molar-refractivity contribution in [2.45, 2.75) is 34.1 Å². The van der Waals surface area contributed by atoms with Gasteiger partial charge >= 0.3 is 0 Å². The van der Waals surface area contributed by atoms with Crippen LogP contribution in [0.15, 0.2) is 23.8 Å². The molecule has 0 aromatic carbocycles. The smallest absolute Gasteiger partial charge is 0.0678 e. The zero-order valence-corrected chi connectivity index (χ0v) is 8.09. The highest BCUT2D eigenvalue weighted by Gasteiger charge is 1.80. The Morgan fingerprint density at radius 2 is 1.73 bits per heavy atom. The topological polar surface area (TPSA) is 20.2 Å². The molecule has 0 bridgehead atoms. The average Bonchev–Trinajstić information content (AvgIpc) is 2.02. The molecular weight excluding hydrogens is 136 g/mol. The summed E-state index contributed by atoms with van der Waals surface area (Å²) in [6.07, 6.45) is 6.94. The van der Waals surface area contributed by atoms with Crippen molar-refractivity contribution < 1.29 is 5.11 Å². The minimum absolute atomic E-state index is 0.140. The quantitative estimate of drug-likeness (QED) is 0.609. The number of hydrogen-bond donors (Lipinski definition) is 1. The summed E-state index contributed by atoms with van der Waals surface area (Å²) in [6.45, 7) is 8.23. The van der Waals surface area contributed by atoms with E-state index >= 15 is 0 Å². The molecule has 0 unspecified atom stereocenters. The SMILES string of the molecule is C/C=C\C(=C/C)CO.CCC. The second kappa shape index (κ2) is 12.1. The summed E-state index contributed by atoms with van der Waals surface area (Å²) in [5.74, 6) is 0. The summed E-state index contributed by atoms with van der Waals surface area (Å²) in [7, 11) is 0. The second-order valence-corrected chi connectivity index (χ2v) is 2.23. The molecule has 0 saturated carbocycles. The van der Waals surface area contributed by atoms with E-state index in [9.17, 15) is 0 Å². The number of hydrogen-bond acceptors (Lipinski definition) is 1. The summed E-state index contributed by atoms with van der Waals surface area (Å²) in [4.78, 5) is 0. The molecule has 66 valence electrons. The van der Waals surface area contributed by atoms with Crippen LogP contribution in [-0.4, -0.2) is 11.7 Å². The Hall–Kier alpha value is -0.560. The highest BCUT2D eigenvalue weighted by atomic mass is 16.3. The standard InChI is InChI=1S/C7H12O.C3H8/c1-3-5-7(4-2)6-8;1-3-2/h3-5,8H,6H2,1-2H3;3H2,1-2H3/b5-3-,7-4+;. The number of allylic oxidation sites excluding steroid dienone is 2. The van der Waals surface area contributed by atoms with Gasteiger partial charge in [0.25, 0.3) is 0 Å². The van der Waals surface area contributed by atoms with Crippen LogP contribution in [0.2, 0.25) is 0 Å². The molecule has 0 radical (unpaired) electrons. The van der Waals surface area contributed by atoms with Crippen molar-refractivity contribution in [3.05, 3.63) is 23.8 Å². The molecule has 0 aliphatic rings. The van der Waals surface area contributed by atoms with Crippen molar-refractivity contribution in [2.75, 3.05) is 6.61 Å². The molecule has 0 aliphatic heterocycles. The van der Waals surface area contributed by atoms with E-state index in [0.717, 1.165) is 5.57 Å². The first-order valence-corrected chi connectivity index (χ1v) is 4.15. The first kappa shape index (κ1) is 13.1. The van der Waals surface area contributed by atoms with Crippen molar-refractivity contribution >= 4 is 0 Å². The molecule has 0 saturated heterocycles. The third kappa shape index (κ3) is 12.6. The maximum atomic E-state index is 8.54. The van der Waals surface area contributed by atoms with Crippen LogP contribution in [0.1, 0.15) is 34.1 Å². The minimum atomic E-state index is 0.140. The summed E-state index contributed by atoms with van der Waals surface area (Å²) in [5, 5.41) is 8.54. The van der Waals surface area contributed by atoms with E-state index < -0.39 is 0 Å². The van der Waals surface area contributed by atoms with E-state index in [-0.39, 0.29) is 6.61 Å². The van der Waals surface area contributed by atoms with Crippen molar-refractivity contribution in [1.29, 1.82) is 0 Å². The molecule has 0 aliphatic carbocycles. The van der Waals surface area contributed by atoms with E-state index in [1.807, 2.05) is 32.1 Å². The summed E-state index contributed by atoms with van der Waals surface area (Å²) in [5.41, 5.74) is 0.965. The van der Waals surface area contributed by atoms with Gasteiger partial charge in [-0.2, -0.15) is 0 Å². The molecule has 0 atom stereocenters. The lowest BCUT2D eigenvalue weighted by Crippen LogP contribution is -1.82. The molecule has 0 heterocycles. The highest BCUT2D eigenvalue weighted by Crippen LogP contribution is 1.92. The monoisotopic (exact) mass is 156 g/mol. The minimum Gasteiger partial charge on any atom is -0.392 e. The lowest BCUT2D eigenvalue weighted by atomic mass is 10.2. The summed E-state index contributed by atoms with van der Waals surface area (Å²) in [6, 6.07) is 0. The van der Waals surface area contributed by atoms with Crippen molar-refractivity contribution in [2.24, 2.45) is 0 Å². The Balaban J connectivity index is 0. The largest absolute Gasteiger partial charge is 0.392 e. The average molecular weight is 156 g/mol. The lowest BCUT2D eigenvalue weighted by Gasteiger charge is -1.89. The Morgan fingerprint density at radius 3 is 1.82 bits per heavy atom. The van der Waals surface area contributed by atoms with E-state index in [0.29, 0.717) is 0 Å². The van der Waals surface area contributed by atoms with Crippen molar-refractivity contribution in [3.8, 4) is 0 Å². The van der Waals surface area contributed by atoms with Gasteiger partial charge in [-0.3, -0.25) is 0 Å². The van der Waals surface area contributed by atoms with E-state index in [1.165, 1.54) is 6.42 Å². The first-order valence-electron chi connectivity index (χ1n) is 4.15. The van der Waals surface area contributed by atoms with E-state index in [2.05, 4.69) is 13.8 Å². The van der Waals surface area contributed by atoms with Crippen LogP contribution in [0, 0.1) is 0 Å². The van der Waals surface area contributed by atoms with E-state index in [1.54, 1.807) is 0 Å². The van der Waals surface area contributed by atoms with Gasteiger partial charge in [-0.15, -0.1) is 0 Å². The molecule has 0 amide bonds. The zero-order valence-electron chi connectivity index (χ0n) is 8.09. The van der Waals surface area contributed by atoms with Gasteiger partial charge in [0, 0.05) is 0 Å². The summed E-state index contributed by atoms with van der Waals surface area (Å²) < 4.78 is 0. The molecular formula is C10H20O. The normalized spacial score (nSPS) is 11.2. The Kier molecular flexibility index (Phi) is 14.4. The highest BCUT2D eigenvalue weighted by molar-refractivity contribution is 5.16. The fourth-order valence-corrected chi connectivity index (χ4v) is 0.454. The molecule has 11 heavy (non-hydrogen) atoms. The zero-order chi connectivity index (χ0) is 9.11. The molecule has 1 nitrogen and oxygen atoms in total. The van der Waals surface area contributed by atoms with Gasteiger partial charge in [-0.1, -0.05) is 38.5 Å². The van der Waals surface area contributed by atoms with Gasteiger partial charge in [0.1, 0.15) is 0 Å². The van der Waals surface area contributed by atoms with Gasteiger partial charge in [-0.05, 0) is 19.4 Å². The molecule has 1 N–H and O–H groups in total. The van der Waals surface area contributed by atoms with Crippen LogP contribution >= 0.6 is 0 Å². The Morgan fingerprint density at radius 1 is 1.27 bits per heavy atom. The van der Waals surface area contributed by atoms with Gasteiger partial charge in [0.2, 0.25) is 0 Å². The molecule has 0 spiro atoms. The number of aliphatic hydroxyl groups is 1. The van der Waals surface area contributed by atoms with Crippen LogP contribution in [-0.2, 0) is 0 Å².